The summed E-state index contributed by atoms with van der Waals surface area (Å²) in [5.74, 6) is 0.703. The summed E-state index contributed by atoms with van der Waals surface area (Å²) in [6, 6.07) is 67.6. The Morgan fingerprint density at radius 2 is 1.02 bits per heavy atom. The molecule has 0 amide bonds. The fourth-order valence-electron chi connectivity index (χ4n) is 8.61. The lowest BCUT2D eigenvalue weighted by molar-refractivity contribution is 1.17. The number of benzene rings is 8. The van der Waals surface area contributed by atoms with E-state index in [1.807, 2.05) is 22.7 Å². The smallest absolute Gasteiger partial charge is 0.160 e. The molecule has 0 saturated heterocycles. The Hall–Kier alpha value is -6.92. The molecular formula is C52H31N3S2. The van der Waals surface area contributed by atoms with Gasteiger partial charge in [0, 0.05) is 73.5 Å². The Labute approximate surface area is 336 Å². The van der Waals surface area contributed by atoms with Gasteiger partial charge < -0.3 is 4.57 Å². The van der Waals surface area contributed by atoms with Crippen LogP contribution in [0.5, 0.6) is 0 Å². The number of fused-ring (bicyclic) bond motifs is 10. The van der Waals surface area contributed by atoms with Crippen LogP contribution in [0.2, 0.25) is 0 Å². The van der Waals surface area contributed by atoms with E-state index >= 15 is 0 Å². The molecule has 4 heterocycles. The van der Waals surface area contributed by atoms with E-state index in [9.17, 15) is 0 Å². The summed E-state index contributed by atoms with van der Waals surface area (Å²) in [5.41, 5.74) is 10.8. The van der Waals surface area contributed by atoms with Crippen molar-refractivity contribution in [2.75, 3.05) is 0 Å². The summed E-state index contributed by atoms with van der Waals surface area (Å²) in [6.45, 7) is 0. The number of hydrogen-bond donors (Lipinski definition) is 0. The quantitative estimate of drug-likeness (QED) is 0.175. The maximum atomic E-state index is 5.32. The Bertz CT molecular complexity index is 3520. The first-order chi connectivity index (χ1) is 28.2. The molecule has 12 aromatic rings. The zero-order chi connectivity index (χ0) is 37.5. The van der Waals surface area contributed by atoms with E-state index in [2.05, 4.69) is 193 Å². The van der Waals surface area contributed by atoms with Gasteiger partial charge in [0.2, 0.25) is 0 Å². The van der Waals surface area contributed by atoms with Gasteiger partial charge in [-0.1, -0.05) is 140 Å². The maximum absolute atomic E-state index is 5.32. The predicted octanol–water partition coefficient (Wildman–Crippen LogP) is 15.0. The van der Waals surface area contributed by atoms with Crippen LogP contribution in [0.3, 0.4) is 0 Å². The first-order valence-corrected chi connectivity index (χ1v) is 20.8. The highest BCUT2D eigenvalue weighted by atomic mass is 32.1. The molecule has 0 radical (unpaired) electrons. The van der Waals surface area contributed by atoms with Gasteiger partial charge in [0.1, 0.15) is 0 Å². The second-order valence-corrected chi connectivity index (χ2v) is 16.7. The molecule has 0 unspecified atom stereocenters. The Kier molecular flexibility index (Phi) is 7.27. The lowest BCUT2D eigenvalue weighted by Gasteiger charge is -2.13. The van der Waals surface area contributed by atoms with Crippen molar-refractivity contribution in [3.63, 3.8) is 0 Å². The van der Waals surface area contributed by atoms with Crippen LogP contribution in [0, 0.1) is 0 Å². The average molecular weight is 762 g/mol. The molecule has 0 atom stereocenters. The highest BCUT2D eigenvalue weighted by Gasteiger charge is 2.19. The molecule has 0 aliphatic heterocycles. The summed E-state index contributed by atoms with van der Waals surface area (Å²) in [5, 5.41) is 7.73. The molecule has 0 aliphatic rings. The van der Waals surface area contributed by atoms with E-state index in [1.54, 1.807) is 0 Å². The standard InChI is InChI=1S/C52H31N3S2/c1-2-12-32(13-3-1)33-24-26-34(27-25-33)52-53-42(31-43(54-52)39-20-11-19-38-37-16-5-8-22-46(37)57-51(38)39)35-14-10-15-36(30-35)55-44-21-7-4-17-40(44)49-45(55)28-29-48-50(49)41-18-6-9-23-47(41)56-48/h1-31H. The molecule has 5 heteroatoms. The number of aromatic nitrogens is 3. The van der Waals surface area contributed by atoms with Gasteiger partial charge in [0.25, 0.3) is 0 Å². The van der Waals surface area contributed by atoms with Crippen LogP contribution in [0.1, 0.15) is 0 Å². The van der Waals surface area contributed by atoms with Gasteiger partial charge in [-0.2, -0.15) is 0 Å². The highest BCUT2D eigenvalue weighted by Crippen LogP contribution is 2.44. The lowest BCUT2D eigenvalue weighted by atomic mass is 10.0. The van der Waals surface area contributed by atoms with Gasteiger partial charge >= 0.3 is 0 Å². The van der Waals surface area contributed by atoms with Crippen molar-refractivity contribution in [2.24, 2.45) is 0 Å². The number of para-hydroxylation sites is 1. The van der Waals surface area contributed by atoms with Gasteiger partial charge in [0.05, 0.1) is 22.4 Å². The Balaban J connectivity index is 1.06. The van der Waals surface area contributed by atoms with E-state index in [0.29, 0.717) is 5.82 Å². The third-order valence-electron chi connectivity index (χ3n) is 11.2. The fraction of sp³-hybridized carbons (Fsp3) is 0. The minimum absolute atomic E-state index is 0.703. The predicted molar refractivity (Wildman–Crippen MR) is 244 cm³/mol. The number of nitrogens with zero attached hydrogens (tertiary/aromatic N) is 3. The first kappa shape index (κ1) is 32.3. The van der Waals surface area contributed by atoms with E-state index in [0.717, 1.165) is 39.3 Å². The van der Waals surface area contributed by atoms with Gasteiger partial charge in [-0.15, -0.1) is 22.7 Å². The van der Waals surface area contributed by atoms with Crippen molar-refractivity contribution in [2.45, 2.75) is 0 Å². The average Bonchev–Trinajstić information content (AvgIpc) is 3.96. The second kappa shape index (κ2) is 12.8. The summed E-state index contributed by atoms with van der Waals surface area (Å²) in [6.07, 6.45) is 0. The molecule has 266 valence electrons. The van der Waals surface area contributed by atoms with E-state index in [1.165, 1.54) is 67.7 Å². The minimum Gasteiger partial charge on any atom is -0.309 e. The summed E-state index contributed by atoms with van der Waals surface area (Å²) in [7, 11) is 0. The molecule has 12 rings (SSSR count). The number of thiophene rings is 2. The van der Waals surface area contributed by atoms with E-state index in [4.69, 9.17) is 9.97 Å². The van der Waals surface area contributed by atoms with Crippen LogP contribution in [-0.4, -0.2) is 14.5 Å². The van der Waals surface area contributed by atoms with Crippen molar-refractivity contribution in [3.05, 3.63) is 188 Å². The van der Waals surface area contributed by atoms with Crippen molar-refractivity contribution < 1.29 is 0 Å². The van der Waals surface area contributed by atoms with Crippen LogP contribution in [0.15, 0.2) is 188 Å². The molecule has 0 fully saturated rings. The largest absolute Gasteiger partial charge is 0.309 e. The fourth-order valence-corrected chi connectivity index (χ4v) is 10.9. The van der Waals surface area contributed by atoms with Gasteiger partial charge in [-0.3, -0.25) is 0 Å². The molecule has 0 spiro atoms. The zero-order valence-electron chi connectivity index (χ0n) is 30.6. The van der Waals surface area contributed by atoms with Crippen LogP contribution >= 0.6 is 22.7 Å². The van der Waals surface area contributed by atoms with E-state index in [-0.39, 0.29) is 0 Å². The second-order valence-electron chi connectivity index (χ2n) is 14.5. The summed E-state index contributed by atoms with van der Waals surface area (Å²) in [4.78, 5) is 10.6. The summed E-state index contributed by atoms with van der Waals surface area (Å²) >= 11 is 3.70. The van der Waals surface area contributed by atoms with Gasteiger partial charge in [-0.05, 0) is 59.7 Å². The topological polar surface area (TPSA) is 30.7 Å². The zero-order valence-corrected chi connectivity index (χ0v) is 32.2. The summed E-state index contributed by atoms with van der Waals surface area (Å²) < 4.78 is 7.56. The number of hydrogen-bond acceptors (Lipinski definition) is 4. The van der Waals surface area contributed by atoms with Crippen LogP contribution in [0.25, 0.3) is 113 Å². The van der Waals surface area contributed by atoms with Crippen molar-refractivity contribution >= 4 is 84.8 Å². The normalized spacial score (nSPS) is 11.9. The van der Waals surface area contributed by atoms with Crippen molar-refractivity contribution in [3.8, 4) is 50.7 Å². The Morgan fingerprint density at radius 1 is 0.368 bits per heavy atom. The molecule has 0 saturated carbocycles. The molecule has 0 bridgehead atoms. The minimum atomic E-state index is 0.703. The molecule has 3 nitrogen and oxygen atoms in total. The van der Waals surface area contributed by atoms with Crippen LogP contribution < -0.4 is 0 Å². The molecule has 0 aliphatic carbocycles. The molecule has 0 N–H and O–H groups in total. The van der Waals surface area contributed by atoms with Crippen LogP contribution in [-0.2, 0) is 0 Å². The molecule has 4 aromatic heterocycles. The monoisotopic (exact) mass is 761 g/mol. The third-order valence-corrected chi connectivity index (χ3v) is 13.6. The third kappa shape index (κ3) is 5.17. The maximum Gasteiger partial charge on any atom is 0.160 e. The van der Waals surface area contributed by atoms with Crippen molar-refractivity contribution in [1.29, 1.82) is 0 Å². The van der Waals surface area contributed by atoms with Crippen molar-refractivity contribution in [1.82, 2.24) is 14.5 Å². The SMILES string of the molecule is c1ccc(-c2ccc(-c3nc(-c4cccc(-n5c6ccccc6c6c7c(ccc65)sc5ccccc57)c4)cc(-c4cccc5c4sc4ccccc45)n3)cc2)cc1. The lowest BCUT2D eigenvalue weighted by Crippen LogP contribution is -1.98. The molecular weight excluding hydrogens is 731 g/mol. The van der Waals surface area contributed by atoms with Gasteiger partial charge in [-0.25, -0.2) is 9.97 Å². The molecule has 8 aromatic carbocycles. The molecule has 57 heavy (non-hydrogen) atoms. The van der Waals surface area contributed by atoms with Crippen LogP contribution in [0.4, 0.5) is 0 Å². The number of rotatable bonds is 5. The van der Waals surface area contributed by atoms with Gasteiger partial charge in [0.15, 0.2) is 5.82 Å². The Morgan fingerprint density at radius 3 is 1.88 bits per heavy atom. The van der Waals surface area contributed by atoms with E-state index < -0.39 is 0 Å². The first-order valence-electron chi connectivity index (χ1n) is 19.1. The highest BCUT2D eigenvalue weighted by molar-refractivity contribution is 7.26.